The molecule has 0 saturated carbocycles. The molecule has 0 unspecified atom stereocenters. The van der Waals surface area contributed by atoms with Gasteiger partial charge in [-0.25, -0.2) is 0 Å². The monoisotopic (exact) mass is 379 g/mol. The minimum Gasteiger partial charge on any atom is -0.497 e. The van der Waals surface area contributed by atoms with Crippen LogP contribution in [0.1, 0.15) is 32.9 Å². The zero-order chi connectivity index (χ0) is 19.6. The second-order valence-corrected chi connectivity index (χ2v) is 6.96. The van der Waals surface area contributed by atoms with Crippen molar-refractivity contribution in [1.29, 1.82) is 0 Å². The Hall–Kier alpha value is -2.78. The molecular formula is C23H22ClNO2. The van der Waals surface area contributed by atoms with Crippen LogP contribution in [0.3, 0.4) is 0 Å². The van der Waals surface area contributed by atoms with Crippen molar-refractivity contribution in [3.63, 3.8) is 0 Å². The fourth-order valence-corrected chi connectivity index (χ4v) is 3.33. The second kappa shape index (κ2) is 7.85. The Morgan fingerprint density at radius 3 is 2.41 bits per heavy atom. The number of aromatic nitrogens is 1. The maximum Gasteiger partial charge on any atom is 0.185 e. The minimum atomic E-state index is -0.0404. The zero-order valence-electron chi connectivity index (χ0n) is 15.9. The van der Waals surface area contributed by atoms with Gasteiger partial charge in [0.25, 0.3) is 0 Å². The number of aryl methyl sites for hydroxylation is 2. The van der Waals surface area contributed by atoms with E-state index in [1.165, 1.54) is 0 Å². The van der Waals surface area contributed by atoms with Gasteiger partial charge in [0.1, 0.15) is 5.75 Å². The number of ketones is 1. The highest BCUT2D eigenvalue weighted by Gasteiger charge is 2.12. The molecule has 3 nitrogen and oxygen atoms in total. The van der Waals surface area contributed by atoms with Crippen LogP contribution < -0.4 is 4.74 Å². The molecule has 0 aliphatic carbocycles. The van der Waals surface area contributed by atoms with Crippen molar-refractivity contribution >= 4 is 23.5 Å². The summed E-state index contributed by atoms with van der Waals surface area (Å²) in [5, 5.41) is 0.704. The number of hydrogen-bond acceptors (Lipinski definition) is 2. The number of carbonyl (C=O) groups is 1. The number of halogens is 1. The molecule has 0 fully saturated rings. The number of methoxy groups -OCH3 is 1. The molecule has 0 aliphatic rings. The quantitative estimate of drug-likeness (QED) is 0.404. The first kappa shape index (κ1) is 19.0. The van der Waals surface area contributed by atoms with Crippen LogP contribution in [-0.2, 0) is 0 Å². The van der Waals surface area contributed by atoms with Gasteiger partial charge in [-0.2, -0.15) is 0 Å². The number of nitrogens with zero attached hydrogens (tertiary/aromatic N) is 1. The van der Waals surface area contributed by atoms with Gasteiger partial charge in [0.15, 0.2) is 5.78 Å². The van der Waals surface area contributed by atoms with Gasteiger partial charge in [-0.3, -0.25) is 4.79 Å². The molecule has 0 radical (unpaired) electrons. The van der Waals surface area contributed by atoms with Crippen LogP contribution in [-0.4, -0.2) is 17.5 Å². The molecule has 4 heteroatoms. The van der Waals surface area contributed by atoms with Crippen LogP contribution in [0.2, 0.25) is 5.02 Å². The first-order chi connectivity index (χ1) is 12.9. The van der Waals surface area contributed by atoms with E-state index in [-0.39, 0.29) is 5.78 Å². The smallest absolute Gasteiger partial charge is 0.185 e. The van der Waals surface area contributed by atoms with E-state index in [1.807, 2.05) is 31.2 Å². The Bertz CT molecular complexity index is 1010. The summed E-state index contributed by atoms with van der Waals surface area (Å²) in [4.78, 5) is 12.4. The molecule has 0 bridgehead atoms. The Morgan fingerprint density at radius 1 is 1.04 bits per heavy atom. The molecule has 0 amide bonds. The lowest BCUT2D eigenvalue weighted by atomic mass is 10.1. The van der Waals surface area contributed by atoms with Gasteiger partial charge in [0.2, 0.25) is 0 Å². The third kappa shape index (κ3) is 3.99. The summed E-state index contributed by atoms with van der Waals surface area (Å²) in [5.74, 6) is 0.692. The van der Waals surface area contributed by atoms with Crippen molar-refractivity contribution in [2.75, 3.05) is 7.11 Å². The van der Waals surface area contributed by atoms with Gasteiger partial charge in [-0.1, -0.05) is 17.7 Å². The number of carbonyl (C=O) groups excluding carboxylic acids is 1. The predicted octanol–water partition coefficient (Wildman–Crippen LogP) is 5.96. The number of hydrogen-bond donors (Lipinski definition) is 0. The Morgan fingerprint density at radius 2 is 1.74 bits per heavy atom. The third-order valence-electron chi connectivity index (χ3n) is 4.67. The summed E-state index contributed by atoms with van der Waals surface area (Å²) in [6, 6.07) is 15.1. The molecule has 0 N–H and O–H groups in total. The van der Waals surface area contributed by atoms with Crippen molar-refractivity contribution in [2.24, 2.45) is 0 Å². The fourth-order valence-electron chi connectivity index (χ4n) is 3.17. The first-order valence-electron chi connectivity index (χ1n) is 8.72. The van der Waals surface area contributed by atoms with Crippen LogP contribution in [0.4, 0.5) is 0 Å². The van der Waals surface area contributed by atoms with Crippen molar-refractivity contribution in [1.82, 2.24) is 4.57 Å². The number of allylic oxidation sites excluding steroid dienone is 1. The maximum absolute atomic E-state index is 12.4. The summed E-state index contributed by atoms with van der Waals surface area (Å²) < 4.78 is 7.29. The van der Waals surface area contributed by atoms with Gasteiger partial charge >= 0.3 is 0 Å². The molecule has 3 aromatic rings. The highest BCUT2D eigenvalue weighted by molar-refractivity contribution is 6.30. The standard InChI is InChI=1S/C23H22ClNO2/c1-15-5-9-20(24)14-22(15)25-16(2)13-19(17(25)3)8-12-23(26)18-6-10-21(27-4)11-7-18/h5-14H,1-4H3/b12-8+. The minimum absolute atomic E-state index is 0.0404. The third-order valence-corrected chi connectivity index (χ3v) is 4.91. The molecule has 138 valence electrons. The van der Waals surface area contributed by atoms with Gasteiger partial charge in [0, 0.05) is 27.7 Å². The van der Waals surface area contributed by atoms with E-state index in [0.717, 1.165) is 34.0 Å². The van der Waals surface area contributed by atoms with Crippen molar-refractivity contribution < 1.29 is 9.53 Å². The van der Waals surface area contributed by atoms with E-state index in [1.54, 1.807) is 37.5 Å². The SMILES string of the molecule is COc1ccc(C(=O)/C=C/c2cc(C)n(-c3cc(Cl)ccc3C)c2C)cc1. The molecule has 27 heavy (non-hydrogen) atoms. The fraction of sp³-hybridized carbons (Fsp3) is 0.174. The molecule has 1 aromatic heterocycles. The van der Waals surface area contributed by atoms with Crippen molar-refractivity contribution in [2.45, 2.75) is 20.8 Å². The number of rotatable bonds is 5. The summed E-state index contributed by atoms with van der Waals surface area (Å²) in [6.45, 7) is 6.16. The number of benzene rings is 2. The number of ether oxygens (including phenoxy) is 1. The normalized spacial score (nSPS) is 11.1. The van der Waals surface area contributed by atoms with Gasteiger partial charge in [-0.15, -0.1) is 0 Å². The predicted molar refractivity (Wildman–Crippen MR) is 111 cm³/mol. The Labute approximate surface area is 164 Å². The molecule has 0 saturated heterocycles. The van der Waals surface area contributed by atoms with E-state index in [0.29, 0.717) is 10.6 Å². The topological polar surface area (TPSA) is 31.2 Å². The van der Waals surface area contributed by atoms with Gasteiger partial charge in [-0.05, 0) is 86.5 Å². The van der Waals surface area contributed by atoms with Crippen molar-refractivity contribution in [3.8, 4) is 11.4 Å². The average molecular weight is 380 g/mol. The van der Waals surface area contributed by atoms with E-state index < -0.39 is 0 Å². The van der Waals surface area contributed by atoms with E-state index in [2.05, 4.69) is 24.5 Å². The van der Waals surface area contributed by atoms with Crippen molar-refractivity contribution in [3.05, 3.63) is 87.7 Å². The first-order valence-corrected chi connectivity index (χ1v) is 9.10. The van der Waals surface area contributed by atoms with E-state index in [9.17, 15) is 4.79 Å². The maximum atomic E-state index is 12.4. The summed E-state index contributed by atoms with van der Waals surface area (Å²) in [5.41, 5.74) is 6.00. The van der Waals surface area contributed by atoms with Gasteiger partial charge in [0.05, 0.1) is 7.11 Å². The van der Waals surface area contributed by atoms with E-state index in [4.69, 9.17) is 16.3 Å². The summed E-state index contributed by atoms with van der Waals surface area (Å²) in [6.07, 6.45) is 3.48. The molecular weight excluding hydrogens is 358 g/mol. The zero-order valence-corrected chi connectivity index (χ0v) is 16.7. The Balaban J connectivity index is 1.91. The highest BCUT2D eigenvalue weighted by atomic mass is 35.5. The Kier molecular flexibility index (Phi) is 5.52. The molecule has 1 heterocycles. The molecule has 2 aromatic carbocycles. The highest BCUT2D eigenvalue weighted by Crippen LogP contribution is 2.26. The van der Waals surface area contributed by atoms with Crippen LogP contribution in [0.25, 0.3) is 11.8 Å². The van der Waals surface area contributed by atoms with Crippen LogP contribution in [0.5, 0.6) is 5.75 Å². The van der Waals surface area contributed by atoms with E-state index >= 15 is 0 Å². The van der Waals surface area contributed by atoms with Crippen LogP contribution in [0.15, 0.2) is 54.6 Å². The molecule has 0 atom stereocenters. The average Bonchev–Trinajstić information content (AvgIpc) is 2.95. The lowest BCUT2D eigenvalue weighted by Gasteiger charge is -2.13. The summed E-state index contributed by atoms with van der Waals surface area (Å²) >= 11 is 6.19. The lowest BCUT2D eigenvalue weighted by Crippen LogP contribution is -2.01. The van der Waals surface area contributed by atoms with Gasteiger partial charge < -0.3 is 9.30 Å². The molecule has 3 rings (SSSR count). The van der Waals surface area contributed by atoms with Crippen LogP contribution >= 0.6 is 11.6 Å². The lowest BCUT2D eigenvalue weighted by molar-refractivity contribution is 0.104. The molecule has 0 aliphatic heterocycles. The summed E-state index contributed by atoms with van der Waals surface area (Å²) in [7, 11) is 1.61. The second-order valence-electron chi connectivity index (χ2n) is 6.52. The van der Waals surface area contributed by atoms with Crippen LogP contribution in [0, 0.1) is 20.8 Å². The largest absolute Gasteiger partial charge is 0.497 e. The molecule has 0 spiro atoms.